The van der Waals surface area contributed by atoms with Gasteiger partial charge in [-0.25, -0.2) is 0 Å². The average Bonchev–Trinajstić information content (AvgIpc) is 2.37. The summed E-state index contributed by atoms with van der Waals surface area (Å²) in [7, 11) is 2.12. The van der Waals surface area contributed by atoms with Gasteiger partial charge in [0.15, 0.2) is 0 Å². The first-order valence-corrected chi connectivity index (χ1v) is 6.29. The summed E-state index contributed by atoms with van der Waals surface area (Å²) in [4.78, 5) is 2.28. The molecule has 0 bridgehead atoms. The van der Waals surface area contributed by atoms with Crippen molar-refractivity contribution in [1.29, 1.82) is 0 Å². The number of hydrogen-bond acceptors (Lipinski definition) is 3. The Labute approximate surface area is 105 Å². The van der Waals surface area contributed by atoms with Crippen molar-refractivity contribution in [2.24, 2.45) is 5.73 Å². The average molecular weight is 236 g/mol. The van der Waals surface area contributed by atoms with Crippen LogP contribution in [0.25, 0.3) is 0 Å². The van der Waals surface area contributed by atoms with E-state index in [1.54, 1.807) is 0 Å². The third kappa shape index (κ3) is 5.31. The van der Waals surface area contributed by atoms with Crippen molar-refractivity contribution < 1.29 is 4.74 Å². The first-order chi connectivity index (χ1) is 8.27. The summed E-state index contributed by atoms with van der Waals surface area (Å²) in [5.41, 5.74) is 7.17. The fraction of sp³-hybridized carbons (Fsp3) is 0.571. The number of hydrogen-bond donors (Lipinski definition) is 1. The Bertz CT molecular complexity index is 290. The minimum absolute atomic E-state index is 0.405. The van der Waals surface area contributed by atoms with Crippen molar-refractivity contribution in [3.63, 3.8) is 0 Å². The molecule has 0 saturated heterocycles. The highest BCUT2D eigenvalue weighted by molar-refractivity contribution is 5.20. The summed E-state index contributed by atoms with van der Waals surface area (Å²) in [5.74, 6) is 0.405. The van der Waals surface area contributed by atoms with Gasteiger partial charge in [-0.05, 0) is 19.5 Å². The van der Waals surface area contributed by atoms with Crippen LogP contribution in [0.15, 0.2) is 30.3 Å². The van der Waals surface area contributed by atoms with Crippen molar-refractivity contribution in [2.45, 2.75) is 12.8 Å². The van der Waals surface area contributed by atoms with Crippen LogP contribution < -0.4 is 5.73 Å². The summed E-state index contributed by atoms with van der Waals surface area (Å²) < 4.78 is 5.35. The molecular formula is C14H24N2O. The molecule has 0 aliphatic carbocycles. The maximum Gasteiger partial charge on any atom is 0.0593 e. The van der Waals surface area contributed by atoms with Gasteiger partial charge < -0.3 is 15.4 Å². The van der Waals surface area contributed by atoms with Crippen LogP contribution in [-0.2, 0) is 4.74 Å². The number of rotatable bonds is 8. The highest BCUT2D eigenvalue weighted by Gasteiger charge is 2.11. The Morgan fingerprint density at radius 2 is 2.00 bits per heavy atom. The van der Waals surface area contributed by atoms with E-state index in [1.807, 2.05) is 13.0 Å². The number of nitrogens with two attached hydrogens (primary N) is 1. The first-order valence-electron chi connectivity index (χ1n) is 6.29. The van der Waals surface area contributed by atoms with Gasteiger partial charge in [0.1, 0.15) is 0 Å². The largest absolute Gasteiger partial charge is 0.380 e. The van der Waals surface area contributed by atoms with E-state index in [0.717, 1.165) is 26.3 Å². The van der Waals surface area contributed by atoms with E-state index >= 15 is 0 Å². The molecule has 17 heavy (non-hydrogen) atoms. The molecule has 96 valence electrons. The molecule has 0 fully saturated rings. The van der Waals surface area contributed by atoms with E-state index in [2.05, 4.69) is 36.2 Å². The Hall–Kier alpha value is -0.900. The molecule has 1 atom stereocenters. The second-order valence-corrected chi connectivity index (χ2v) is 4.30. The van der Waals surface area contributed by atoms with E-state index in [4.69, 9.17) is 10.5 Å². The number of nitrogens with zero attached hydrogens (tertiary/aromatic N) is 1. The smallest absolute Gasteiger partial charge is 0.0593 e. The van der Waals surface area contributed by atoms with Crippen LogP contribution in [0.5, 0.6) is 0 Å². The van der Waals surface area contributed by atoms with Gasteiger partial charge in [-0.15, -0.1) is 0 Å². The first kappa shape index (κ1) is 14.2. The van der Waals surface area contributed by atoms with E-state index in [9.17, 15) is 0 Å². The van der Waals surface area contributed by atoms with Crippen molar-refractivity contribution >= 4 is 0 Å². The van der Waals surface area contributed by atoms with E-state index in [0.29, 0.717) is 12.5 Å². The molecule has 2 N–H and O–H groups in total. The quantitative estimate of drug-likeness (QED) is 0.698. The van der Waals surface area contributed by atoms with Crippen LogP contribution in [-0.4, -0.2) is 44.8 Å². The standard InChI is InChI=1S/C14H24N2O/c1-3-17-10-9-16(2)12-14(11-15)13-7-5-4-6-8-13/h4-8,14H,3,9-12,15H2,1-2H3. The molecule has 3 nitrogen and oxygen atoms in total. The Balaban J connectivity index is 2.41. The highest BCUT2D eigenvalue weighted by atomic mass is 16.5. The molecule has 0 heterocycles. The SMILES string of the molecule is CCOCCN(C)CC(CN)c1ccccc1. The van der Waals surface area contributed by atoms with E-state index in [1.165, 1.54) is 5.56 Å². The second-order valence-electron chi connectivity index (χ2n) is 4.30. The van der Waals surface area contributed by atoms with Crippen molar-refractivity contribution in [3.8, 4) is 0 Å². The number of benzene rings is 1. The minimum Gasteiger partial charge on any atom is -0.380 e. The van der Waals surface area contributed by atoms with Gasteiger partial charge in [0.25, 0.3) is 0 Å². The lowest BCUT2D eigenvalue weighted by Crippen LogP contribution is -2.31. The summed E-state index contributed by atoms with van der Waals surface area (Å²) in [6.07, 6.45) is 0. The zero-order valence-electron chi connectivity index (χ0n) is 10.9. The Morgan fingerprint density at radius 1 is 1.29 bits per heavy atom. The molecule has 1 aromatic carbocycles. The summed E-state index contributed by atoms with van der Waals surface area (Å²) in [5, 5.41) is 0. The molecule has 1 aromatic rings. The molecule has 0 saturated carbocycles. The maximum atomic E-state index is 5.85. The molecule has 0 aliphatic heterocycles. The van der Waals surface area contributed by atoms with E-state index < -0.39 is 0 Å². The third-order valence-corrected chi connectivity index (χ3v) is 2.91. The monoisotopic (exact) mass is 236 g/mol. The Morgan fingerprint density at radius 3 is 2.59 bits per heavy atom. The predicted molar refractivity (Wildman–Crippen MR) is 72.2 cm³/mol. The van der Waals surface area contributed by atoms with E-state index in [-0.39, 0.29) is 0 Å². The maximum absolute atomic E-state index is 5.85. The number of ether oxygens (including phenoxy) is 1. The van der Waals surface area contributed by atoms with Crippen molar-refractivity contribution in [3.05, 3.63) is 35.9 Å². The van der Waals surface area contributed by atoms with Gasteiger partial charge in [0.05, 0.1) is 6.61 Å². The van der Waals surface area contributed by atoms with Crippen LogP contribution >= 0.6 is 0 Å². The third-order valence-electron chi connectivity index (χ3n) is 2.91. The molecule has 3 heteroatoms. The summed E-state index contributed by atoms with van der Waals surface area (Å²) >= 11 is 0. The van der Waals surface area contributed by atoms with Gasteiger partial charge in [-0.2, -0.15) is 0 Å². The van der Waals surface area contributed by atoms with Gasteiger partial charge in [0, 0.05) is 32.2 Å². The Kier molecular flexibility index (Phi) is 6.86. The lowest BCUT2D eigenvalue weighted by atomic mass is 9.99. The molecule has 0 spiro atoms. The van der Waals surface area contributed by atoms with Gasteiger partial charge in [-0.1, -0.05) is 30.3 Å². The normalized spacial score (nSPS) is 12.9. The molecule has 1 rings (SSSR count). The van der Waals surface area contributed by atoms with Crippen LogP contribution in [0.4, 0.5) is 0 Å². The molecule has 1 unspecified atom stereocenters. The molecule has 0 aromatic heterocycles. The molecule has 0 aliphatic rings. The number of likely N-dealkylation sites (N-methyl/N-ethyl adjacent to an activating group) is 1. The second kappa shape index (κ2) is 8.23. The highest BCUT2D eigenvalue weighted by Crippen LogP contribution is 2.14. The summed E-state index contributed by atoms with van der Waals surface area (Å²) in [6.45, 7) is 6.21. The van der Waals surface area contributed by atoms with Crippen LogP contribution in [0.3, 0.4) is 0 Å². The lowest BCUT2D eigenvalue weighted by Gasteiger charge is -2.23. The fourth-order valence-corrected chi connectivity index (χ4v) is 1.87. The zero-order valence-corrected chi connectivity index (χ0v) is 10.9. The van der Waals surface area contributed by atoms with Crippen molar-refractivity contribution in [2.75, 3.05) is 39.9 Å². The predicted octanol–water partition coefficient (Wildman–Crippen LogP) is 1.70. The van der Waals surface area contributed by atoms with Crippen molar-refractivity contribution in [1.82, 2.24) is 4.90 Å². The van der Waals surface area contributed by atoms with Crippen LogP contribution in [0.2, 0.25) is 0 Å². The fourth-order valence-electron chi connectivity index (χ4n) is 1.87. The lowest BCUT2D eigenvalue weighted by molar-refractivity contribution is 0.120. The topological polar surface area (TPSA) is 38.5 Å². The minimum atomic E-state index is 0.405. The van der Waals surface area contributed by atoms with Gasteiger partial charge >= 0.3 is 0 Å². The van der Waals surface area contributed by atoms with Crippen LogP contribution in [0.1, 0.15) is 18.4 Å². The zero-order chi connectivity index (χ0) is 12.5. The van der Waals surface area contributed by atoms with Gasteiger partial charge in [-0.3, -0.25) is 0 Å². The summed E-state index contributed by atoms with van der Waals surface area (Å²) in [6, 6.07) is 10.5. The molecule has 0 amide bonds. The van der Waals surface area contributed by atoms with Gasteiger partial charge in [0.2, 0.25) is 0 Å². The molecular weight excluding hydrogens is 212 g/mol. The van der Waals surface area contributed by atoms with Crippen LogP contribution in [0, 0.1) is 0 Å². The molecule has 0 radical (unpaired) electrons.